The lowest BCUT2D eigenvalue weighted by Crippen LogP contribution is -2.70. The Kier molecular flexibility index (Phi) is 18.6. The fourth-order valence-corrected chi connectivity index (χ4v) is 11.0. The number of amides is 1. The summed E-state index contributed by atoms with van der Waals surface area (Å²) in [6, 6.07) is 17.5. The van der Waals surface area contributed by atoms with Crippen LogP contribution >= 0.6 is 0 Å². The second-order valence-electron chi connectivity index (χ2n) is 18.5. The molecule has 0 radical (unpaired) electrons. The number of carbonyl (C=O) groups excluding carboxylic acids is 1. The van der Waals surface area contributed by atoms with E-state index in [9.17, 15) is 34.6 Å². The molecule has 14 nitrogen and oxygen atoms in total. The molecule has 68 heavy (non-hydrogen) atoms. The van der Waals surface area contributed by atoms with Crippen LogP contribution in [-0.4, -0.2) is 94.8 Å². The summed E-state index contributed by atoms with van der Waals surface area (Å²) in [7, 11) is 0. The van der Waals surface area contributed by atoms with Crippen molar-refractivity contribution in [3.63, 3.8) is 0 Å². The molecule has 368 valence electrons. The van der Waals surface area contributed by atoms with E-state index in [4.69, 9.17) is 28.9 Å². The first-order valence-corrected chi connectivity index (χ1v) is 24.5. The second kappa shape index (κ2) is 24.9. The maximum absolute atomic E-state index is 15.0. The van der Waals surface area contributed by atoms with Gasteiger partial charge in [-0.3, -0.25) is 14.9 Å². The number of nitro benzene ring substituents is 1. The maximum Gasteiger partial charge on any atom is 0.269 e. The number of rotatable bonds is 27. The molecule has 0 aromatic heterocycles. The molecule has 6 unspecified atom stereocenters. The van der Waals surface area contributed by atoms with E-state index in [-0.39, 0.29) is 101 Å². The number of carbonyl (C=O) groups is 1. The molecule has 7 rings (SSSR count). The summed E-state index contributed by atoms with van der Waals surface area (Å²) in [6.07, 6.45) is 13.9. The van der Waals surface area contributed by atoms with E-state index in [0.29, 0.717) is 53.5 Å². The van der Waals surface area contributed by atoms with Gasteiger partial charge in [0.1, 0.15) is 36.6 Å². The predicted molar refractivity (Wildman–Crippen MR) is 254 cm³/mol. The molecule has 6 atom stereocenters. The van der Waals surface area contributed by atoms with Gasteiger partial charge < -0.3 is 44.0 Å². The number of hydrogen-bond acceptors (Lipinski definition) is 12. The molecule has 3 aromatic rings. The van der Waals surface area contributed by atoms with E-state index < -0.39 is 22.7 Å². The standard InChI is InChI=1S/C53H68FN3O11/c1-2-29-66-53-49(56(25-30-64-31-28-60)50(61)24-19-37-11-3-4-12-37)34-47(55-67-35-38-17-20-41(21-18-38)57(62)63)44-32-39(13-7-9-26-58)43(15-8-10-27-59)51(52(44)53)45-33-42(22-23-48(45)68-53)65-36-40-14-5-6-16-46(40)54/h2,5-6,14,16-18,20-23,32-33,37,39,43,49,51-52,58-60H,1,3-4,7-13,15,19,24-31,34-36H2. The Labute approximate surface area is 398 Å². The Morgan fingerprint density at radius 2 is 1.72 bits per heavy atom. The molecule has 1 amide bonds. The maximum atomic E-state index is 15.0. The van der Waals surface area contributed by atoms with Gasteiger partial charge in [0, 0.05) is 61.8 Å². The van der Waals surface area contributed by atoms with Crippen molar-refractivity contribution in [2.24, 2.45) is 28.8 Å². The molecule has 0 spiro atoms. The number of fused-ring (bicyclic) bond motifs is 2. The van der Waals surface area contributed by atoms with E-state index in [1.165, 1.54) is 18.2 Å². The Balaban J connectivity index is 1.39. The lowest BCUT2D eigenvalue weighted by Gasteiger charge is -2.60. The van der Waals surface area contributed by atoms with Crippen molar-refractivity contribution in [1.82, 2.24) is 4.90 Å². The zero-order chi connectivity index (χ0) is 47.9. The van der Waals surface area contributed by atoms with Gasteiger partial charge in [0.25, 0.3) is 5.69 Å². The number of benzene rings is 3. The highest BCUT2D eigenvalue weighted by Gasteiger charge is 2.65. The van der Waals surface area contributed by atoms with Crippen molar-refractivity contribution in [2.45, 2.75) is 114 Å². The number of non-ortho nitro benzene ring substituents is 1. The molecule has 3 aliphatic carbocycles. The van der Waals surface area contributed by atoms with Crippen molar-refractivity contribution >= 4 is 17.3 Å². The van der Waals surface area contributed by atoms with Crippen molar-refractivity contribution in [3.8, 4) is 11.5 Å². The zero-order valence-corrected chi connectivity index (χ0v) is 39.1. The van der Waals surface area contributed by atoms with Gasteiger partial charge in [0.15, 0.2) is 0 Å². The van der Waals surface area contributed by atoms with Crippen LogP contribution in [0.3, 0.4) is 0 Å². The quantitative estimate of drug-likeness (QED) is 0.0287. The van der Waals surface area contributed by atoms with Gasteiger partial charge in [-0.1, -0.05) is 74.0 Å². The number of oxime groups is 1. The van der Waals surface area contributed by atoms with E-state index in [1.54, 1.807) is 36.4 Å². The van der Waals surface area contributed by atoms with E-state index >= 15 is 0 Å². The van der Waals surface area contributed by atoms with Crippen molar-refractivity contribution in [1.29, 1.82) is 0 Å². The monoisotopic (exact) mass is 941 g/mol. The molecule has 2 fully saturated rings. The molecular formula is C53H68FN3O11. The highest BCUT2D eigenvalue weighted by Crippen LogP contribution is 2.62. The number of aliphatic hydroxyl groups excluding tert-OH is 3. The summed E-state index contributed by atoms with van der Waals surface area (Å²) in [5.74, 6) is -1.34. The Morgan fingerprint density at radius 3 is 2.44 bits per heavy atom. The third-order valence-corrected chi connectivity index (χ3v) is 14.2. The minimum atomic E-state index is -1.49. The van der Waals surface area contributed by atoms with Crippen LogP contribution in [0.5, 0.6) is 11.5 Å². The van der Waals surface area contributed by atoms with Crippen molar-refractivity contribution < 1.29 is 53.2 Å². The number of unbranched alkanes of at least 4 members (excludes halogenated alkanes) is 2. The van der Waals surface area contributed by atoms with Crippen LogP contribution in [0.1, 0.15) is 106 Å². The fraction of sp³-hybridized carbons (Fsp3) is 0.547. The Morgan fingerprint density at radius 1 is 0.956 bits per heavy atom. The molecular weight excluding hydrogens is 874 g/mol. The number of nitro groups is 1. The van der Waals surface area contributed by atoms with Crippen LogP contribution in [0, 0.1) is 39.6 Å². The van der Waals surface area contributed by atoms with E-state index in [1.807, 2.05) is 23.1 Å². The molecule has 4 aliphatic rings. The van der Waals surface area contributed by atoms with Gasteiger partial charge in [0.05, 0.1) is 43.0 Å². The van der Waals surface area contributed by atoms with Crippen LogP contribution in [0.4, 0.5) is 10.1 Å². The average Bonchev–Trinajstić information content (AvgIpc) is 3.88. The normalized spacial score (nSPS) is 23.6. The lowest BCUT2D eigenvalue weighted by atomic mass is 9.55. The second-order valence-corrected chi connectivity index (χ2v) is 18.5. The molecule has 3 N–H and O–H groups in total. The average molecular weight is 942 g/mol. The highest BCUT2D eigenvalue weighted by atomic mass is 19.1. The first-order chi connectivity index (χ1) is 33.2. The van der Waals surface area contributed by atoms with Gasteiger partial charge in [-0.2, -0.15) is 0 Å². The molecule has 15 heteroatoms. The van der Waals surface area contributed by atoms with Crippen LogP contribution in [0.2, 0.25) is 0 Å². The number of nitrogens with zero attached hydrogens (tertiary/aromatic N) is 3. The first kappa shape index (κ1) is 50.7. The molecule has 2 saturated carbocycles. The zero-order valence-electron chi connectivity index (χ0n) is 39.1. The fourth-order valence-electron chi connectivity index (χ4n) is 11.0. The van der Waals surface area contributed by atoms with Crippen molar-refractivity contribution in [2.75, 3.05) is 46.2 Å². The van der Waals surface area contributed by atoms with Gasteiger partial charge in [-0.05, 0) is 97.4 Å². The lowest BCUT2D eigenvalue weighted by molar-refractivity contribution is -0.384. The van der Waals surface area contributed by atoms with Gasteiger partial charge >= 0.3 is 0 Å². The third kappa shape index (κ3) is 12.1. The van der Waals surface area contributed by atoms with E-state index in [0.717, 1.165) is 68.9 Å². The minimum absolute atomic E-state index is 0.00290. The third-order valence-electron chi connectivity index (χ3n) is 14.2. The summed E-state index contributed by atoms with van der Waals surface area (Å²) >= 11 is 0. The summed E-state index contributed by atoms with van der Waals surface area (Å²) in [6.45, 7) is 4.52. The number of allylic oxidation sites excluding steroid dienone is 1. The van der Waals surface area contributed by atoms with Crippen LogP contribution in [0.15, 0.2) is 96.2 Å². The topological polar surface area (TPSA) is 183 Å². The molecule has 1 heterocycles. The smallest absolute Gasteiger partial charge is 0.269 e. The summed E-state index contributed by atoms with van der Waals surface area (Å²) in [5, 5.41) is 46.0. The van der Waals surface area contributed by atoms with Gasteiger partial charge in [0.2, 0.25) is 11.7 Å². The van der Waals surface area contributed by atoms with Crippen LogP contribution in [0.25, 0.3) is 0 Å². The largest absolute Gasteiger partial charge is 0.489 e. The van der Waals surface area contributed by atoms with Crippen molar-refractivity contribution in [3.05, 3.63) is 124 Å². The molecule has 1 aliphatic heterocycles. The van der Waals surface area contributed by atoms with E-state index in [2.05, 4.69) is 12.7 Å². The van der Waals surface area contributed by atoms with Gasteiger partial charge in [-0.15, -0.1) is 6.58 Å². The Hall–Kier alpha value is -5.19. The van der Waals surface area contributed by atoms with Crippen LogP contribution < -0.4 is 9.47 Å². The Bertz CT molecular complexity index is 2200. The predicted octanol–water partition coefficient (Wildman–Crippen LogP) is 8.95. The molecule has 3 aromatic carbocycles. The summed E-state index contributed by atoms with van der Waals surface area (Å²) in [4.78, 5) is 34.0. The molecule has 0 bridgehead atoms. The number of halogens is 1. The number of hydrogen-bond donors (Lipinski definition) is 3. The van der Waals surface area contributed by atoms with Gasteiger partial charge in [-0.25, -0.2) is 4.39 Å². The van der Waals surface area contributed by atoms with Crippen LogP contribution in [-0.2, 0) is 32.3 Å². The number of aliphatic hydroxyl groups is 3. The highest BCUT2D eigenvalue weighted by molar-refractivity contribution is 6.03. The minimum Gasteiger partial charge on any atom is -0.489 e. The SMILES string of the molecule is C=CCOC12Oc3ccc(OCc4ccccc4F)cc3C3C(CCCCO)C(CCCCO)C=C(C(=NOCc4ccc([N+](=O)[O-])cc4)CC1N(CCOCCO)C(=O)CCC1CCCC1)C32. The summed E-state index contributed by atoms with van der Waals surface area (Å²) in [5.41, 5.74) is 3.38. The summed E-state index contributed by atoms with van der Waals surface area (Å²) < 4.78 is 41.5. The molecule has 0 saturated heterocycles. The number of ether oxygens (including phenoxy) is 4. The first-order valence-electron chi connectivity index (χ1n) is 24.5.